The van der Waals surface area contributed by atoms with Crippen molar-refractivity contribution >= 4 is 23.1 Å². The standard InChI is InChI=1S/C27H33N3O4/c1-27(2)14-20-25(22(31)15-27)26(18-10-6-5-7-11-18)30(21-13-9-8-12-19(21)29-20)17-23(32)28-16-24(33-3)34-4/h5-13,24,26,29H,14-17H2,1-4H3,(H,28,32). The Morgan fingerprint density at radius 1 is 1.09 bits per heavy atom. The van der Waals surface area contributed by atoms with Gasteiger partial charge in [0.05, 0.1) is 30.5 Å². The van der Waals surface area contributed by atoms with E-state index in [2.05, 4.69) is 24.5 Å². The van der Waals surface area contributed by atoms with Crippen LogP contribution >= 0.6 is 0 Å². The van der Waals surface area contributed by atoms with E-state index in [9.17, 15) is 9.59 Å². The summed E-state index contributed by atoms with van der Waals surface area (Å²) >= 11 is 0. The van der Waals surface area contributed by atoms with E-state index in [0.717, 1.165) is 34.6 Å². The van der Waals surface area contributed by atoms with Gasteiger partial charge in [0.25, 0.3) is 0 Å². The number of hydrogen-bond donors (Lipinski definition) is 2. The molecule has 1 unspecified atom stereocenters. The summed E-state index contributed by atoms with van der Waals surface area (Å²) < 4.78 is 10.4. The van der Waals surface area contributed by atoms with Crippen molar-refractivity contribution in [3.05, 3.63) is 71.4 Å². The van der Waals surface area contributed by atoms with Crippen molar-refractivity contribution in [2.45, 2.75) is 39.0 Å². The van der Waals surface area contributed by atoms with Gasteiger partial charge in [-0.15, -0.1) is 0 Å². The molecule has 0 radical (unpaired) electrons. The molecule has 1 amide bonds. The molecule has 0 fully saturated rings. The molecule has 0 bridgehead atoms. The first kappa shape index (κ1) is 24.0. The lowest BCUT2D eigenvalue weighted by molar-refractivity contribution is -0.126. The Bertz CT molecular complexity index is 1080. The number of para-hydroxylation sites is 2. The number of amides is 1. The van der Waals surface area contributed by atoms with Crippen molar-refractivity contribution in [1.29, 1.82) is 0 Å². The number of anilines is 2. The first-order chi connectivity index (χ1) is 16.3. The quantitative estimate of drug-likeness (QED) is 0.604. The molecular weight excluding hydrogens is 430 g/mol. The van der Waals surface area contributed by atoms with Gasteiger partial charge >= 0.3 is 0 Å². The van der Waals surface area contributed by atoms with Crippen LogP contribution < -0.4 is 15.5 Å². The average Bonchev–Trinajstić information content (AvgIpc) is 2.94. The molecule has 2 aliphatic rings. The van der Waals surface area contributed by atoms with E-state index in [1.807, 2.05) is 59.5 Å². The number of benzene rings is 2. The van der Waals surface area contributed by atoms with Crippen molar-refractivity contribution < 1.29 is 19.1 Å². The molecule has 2 N–H and O–H groups in total. The number of fused-ring (bicyclic) bond motifs is 1. The molecule has 1 heterocycles. The molecular formula is C27H33N3O4. The van der Waals surface area contributed by atoms with Crippen LogP contribution in [-0.2, 0) is 19.1 Å². The van der Waals surface area contributed by atoms with Gasteiger partial charge in [0.2, 0.25) is 5.91 Å². The zero-order valence-corrected chi connectivity index (χ0v) is 20.3. The van der Waals surface area contributed by atoms with Crippen LogP contribution in [0.2, 0.25) is 0 Å². The number of hydrogen-bond acceptors (Lipinski definition) is 6. The number of allylic oxidation sites excluding steroid dienone is 1. The third-order valence-corrected chi connectivity index (χ3v) is 6.43. The highest BCUT2D eigenvalue weighted by Gasteiger charge is 2.41. The second-order valence-electron chi connectivity index (χ2n) is 9.62. The number of Topliss-reactive ketones (excluding diaryl/α,β-unsaturated/α-hetero) is 1. The molecule has 0 aromatic heterocycles. The molecule has 7 heteroatoms. The van der Waals surface area contributed by atoms with Gasteiger partial charge in [0, 0.05) is 31.9 Å². The Labute approximate surface area is 201 Å². The van der Waals surface area contributed by atoms with Gasteiger partial charge in [-0.05, 0) is 29.5 Å². The fourth-order valence-electron chi connectivity index (χ4n) is 4.88. The first-order valence-corrected chi connectivity index (χ1v) is 11.6. The summed E-state index contributed by atoms with van der Waals surface area (Å²) in [4.78, 5) is 28.7. The fraction of sp³-hybridized carbons (Fsp3) is 0.407. The Morgan fingerprint density at radius 2 is 1.76 bits per heavy atom. The van der Waals surface area contributed by atoms with Crippen molar-refractivity contribution in [1.82, 2.24) is 5.32 Å². The molecule has 0 spiro atoms. The van der Waals surface area contributed by atoms with Crippen LogP contribution in [0.1, 0.15) is 38.3 Å². The molecule has 4 rings (SSSR count). The van der Waals surface area contributed by atoms with E-state index in [0.29, 0.717) is 6.42 Å². The van der Waals surface area contributed by atoms with Crippen LogP contribution in [0.15, 0.2) is 65.9 Å². The maximum Gasteiger partial charge on any atom is 0.239 e. The molecule has 1 aliphatic heterocycles. The van der Waals surface area contributed by atoms with E-state index >= 15 is 0 Å². The van der Waals surface area contributed by atoms with Crippen molar-refractivity contribution in [2.75, 3.05) is 37.5 Å². The Balaban J connectivity index is 1.79. The van der Waals surface area contributed by atoms with E-state index in [1.54, 1.807) is 0 Å². The maximum atomic E-state index is 13.6. The minimum atomic E-state index is -0.525. The van der Waals surface area contributed by atoms with Crippen molar-refractivity contribution in [2.24, 2.45) is 5.41 Å². The Hall–Kier alpha value is -3.16. The number of nitrogens with one attached hydrogen (secondary N) is 2. The van der Waals surface area contributed by atoms with Gasteiger partial charge in [-0.1, -0.05) is 56.3 Å². The SMILES string of the molecule is COC(CNC(=O)CN1c2ccccc2NC2=C(C(=O)CC(C)(C)C2)C1c1ccccc1)OC. The van der Waals surface area contributed by atoms with Crippen LogP contribution in [0.4, 0.5) is 11.4 Å². The number of ketones is 1. The molecule has 0 saturated carbocycles. The molecule has 1 aliphatic carbocycles. The predicted octanol–water partition coefficient (Wildman–Crippen LogP) is 4.04. The lowest BCUT2D eigenvalue weighted by atomic mass is 9.73. The maximum absolute atomic E-state index is 13.6. The second kappa shape index (κ2) is 9.99. The van der Waals surface area contributed by atoms with Gasteiger partial charge < -0.3 is 25.0 Å². The zero-order chi connectivity index (χ0) is 24.3. The van der Waals surface area contributed by atoms with Gasteiger partial charge in [-0.2, -0.15) is 0 Å². The van der Waals surface area contributed by atoms with Crippen molar-refractivity contribution in [3.63, 3.8) is 0 Å². The van der Waals surface area contributed by atoms with E-state index in [-0.39, 0.29) is 36.2 Å². The minimum Gasteiger partial charge on any atom is -0.357 e. The number of nitrogens with zero attached hydrogens (tertiary/aromatic N) is 1. The zero-order valence-electron chi connectivity index (χ0n) is 20.3. The smallest absolute Gasteiger partial charge is 0.239 e. The van der Waals surface area contributed by atoms with E-state index < -0.39 is 6.29 Å². The highest BCUT2D eigenvalue weighted by molar-refractivity contribution is 6.01. The number of methoxy groups -OCH3 is 2. The summed E-state index contributed by atoms with van der Waals surface area (Å²) in [6.45, 7) is 4.55. The Kier molecular flexibility index (Phi) is 7.05. The summed E-state index contributed by atoms with van der Waals surface area (Å²) in [5.74, 6) is -0.0629. The monoisotopic (exact) mass is 463 g/mol. The fourth-order valence-corrected chi connectivity index (χ4v) is 4.88. The predicted molar refractivity (Wildman–Crippen MR) is 132 cm³/mol. The summed E-state index contributed by atoms with van der Waals surface area (Å²) in [5.41, 5.74) is 4.27. The summed E-state index contributed by atoms with van der Waals surface area (Å²) in [5, 5.41) is 6.46. The third kappa shape index (κ3) is 5.00. The number of ether oxygens (including phenoxy) is 2. The molecule has 180 valence electrons. The van der Waals surface area contributed by atoms with Gasteiger partial charge in [0.1, 0.15) is 0 Å². The van der Waals surface area contributed by atoms with Gasteiger partial charge in [0.15, 0.2) is 12.1 Å². The lowest BCUT2D eigenvalue weighted by Gasteiger charge is -2.37. The summed E-state index contributed by atoms with van der Waals surface area (Å²) in [6.07, 6.45) is 0.703. The minimum absolute atomic E-state index is 0.0753. The van der Waals surface area contributed by atoms with Crippen LogP contribution in [0, 0.1) is 5.41 Å². The molecule has 1 atom stereocenters. The normalized spacial score (nSPS) is 19.3. The summed E-state index contributed by atoms with van der Waals surface area (Å²) in [7, 11) is 3.07. The van der Waals surface area contributed by atoms with E-state index in [1.165, 1.54) is 14.2 Å². The number of carbonyl (C=O) groups is 2. The first-order valence-electron chi connectivity index (χ1n) is 11.6. The molecule has 2 aromatic rings. The van der Waals surface area contributed by atoms with E-state index in [4.69, 9.17) is 9.47 Å². The number of carbonyl (C=O) groups excluding carboxylic acids is 2. The summed E-state index contributed by atoms with van der Waals surface area (Å²) in [6, 6.07) is 17.5. The largest absolute Gasteiger partial charge is 0.357 e. The van der Waals surface area contributed by atoms with Gasteiger partial charge in [-0.3, -0.25) is 9.59 Å². The average molecular weight is 464 g/mol. The molecule has 7 nitrogen and oxygen atoms in total. The lowest BCUT2D eigenvalue weighted by Crippen LogP contribution is -2.44. The third-order valence-electron chi connectivity index (χ3n) is 6.43. The highest BCUT2D eigenvalue weighted by Crippen LogP contribution is 2.48. The molecule has 2 aromatic carbocycles. The van der Waals surface area contributed by atoms with Gasteiger partial charge in [-0.25, -0.2) is 0 Å². The van der Waals surface area contributed by atoms with Crippen molar-refractivity contribution in [3.8, 4) is 0 Å². The van der Waals surface area contributed by atoms with Crippen LogP contribution in [0.3, 0.4) is 0 Å². The Morgan fingerprint density at radius 3 is 2.47 bits per heavy atom. The second-order valence-corrected chi connectivity index (χ2v) is 9.62. The van der Waals surface area contributed by atoms with Crippen LogP contribution in [-0.4, -0.2) is 45.3 Å². The van der Waals surface area contributed by atoms with Crippen LogP contribution in [0.5, 0.6) is 0 Å². The number of rotatable bonds is 7. The highest BCUT2D eigenvalue weighted by atomic mass is 16.7. The van der Waals surface area contributed by atoms with Crippen LogP contribution in [0.25, 0.3) is 0 Å². The molecule has 34 heavy (non-hydrogen) atoms. The topological polar surface area (TPSA) is 79.9 Å². The molecule has 0 saturated heterocycles.